The average molecular weight is 240 g/mol. The molecule has 0 fully saturated rings. The first-order chi connectivity index (χ1) is 7.65. The van der Waals surface area contributed by atoms with Crippen LogP contribution in [0.15, 0.2) is 21.0 Å². The van der Waals surface area contributed by atoms with Crippen LogP contribution in [0.25, 0.3) is 11.2 Å². The number of carbonyl (C=O) groups is 1. The molecule has 0 spiro atoms. The molecule has 1 aromatic heterocycles. The Morgan fingerprint density at radius 2 is 2.06 bits per heavy atom. The molecule has 0 saturated heterocycles. The van der Waals surface area contributed by atoms with Gasteiger partial charge in [0.05, 0.1) is 19.8 Å². The molecule has 0 atom stereocenters. The van der Waals surface area contributed by atoms with Crippen molar-refractivity contribution < 1.29 is 23.1 Å². The summed E-state index contributed by atoms with van der Waals surface area (Å²) in [5.74, 6) is -0.111. The molecule has 0 bridgehead atoms. The van der Waals surface area contributed by atoms with Gasteiger partial charge in [-0.1, -0.05) is 0 Å². The molecule has 0 amide bonds. The quantitative estimate of drug-likeness (QED) is 0.593. The molecule has 2 aromatic rings. The second kappa shape index (κ2) is 3.97. The lowest BCUT2D eigenvalue weighted by atomic mass is 10.2. The second-order valence-electron chi connectivity index (χ2n) is 2.95. The summed E-state index contributed by atoms with van der Waals surface area (Å²) in [6.07, 6.45) is 0. The van der Waals surface area contributed by atoms with Crippen molar-refractivity contribution in [3.05, 3.63) is 22.6 Å². The molecular weight excluding hydrogens is 232 g/mol. The van der Waals surface area contributed by atoms with Crippen LogP contribution in [-0.4, -0.2) is 20.2 Å². The molecule has 0 unspecified atom stereocenters. The zero-order valence-corrected chi connectivity index (χ0v) is 9.42. The number of hydrogen-bond acceptors (Lipinski definition) is 6. The van der Waals surface area contributed by atoms with Gasteiger partial charge in [-0.05, 0) is 12.1 Å². The van der Waals surface area contributed by atoms with E-state index in [0.717, 1.165) is 0 Å². The fourth-order valence-electron chi connectivity index (χ4n) is 1.33. The van der Waals surface area contributed by atoms with E-state index in [-0.39, 0.29) is 4.90 Å². The number of fused-ring (bicyclic) bond motifs is 1. The van der Waals surface area contributed by atoms with E-state index < -0.39 is 5.97 Å². The first-order valence-electron chi connectivity index (χ1n) is 4.35. The van der Waals surface area contributed by atoms with Crippen molar-refractivity contribution in [1.29, 1.82) is 0 Å². The Bertz CT molecular complexity index is 595. The van der Waals surface area contributed by atoms with E-state index in [1.165, 1.54) is 26.4 Å². The first kappa shape index (κ1) is 10.7. The number of esters is 1. The number of methoxy groups -OCH3 is 2. The number of hydrogen-bond donors (Lipinski definition) is 0. The third-order valence-electron chi connectivity index (χ3n) is 2.04. The van der Waals surface area contributed by atoms with Gasteiger partial charge in [-0.2, -0.15) is 0 Å². The minimum absolute atomic E-state index is 0.0182. The number of benzene rings is 1. The molecule has 0 aliphatic carbocycles. The zero-order chi connectivity index (χ0) is 11.7. The highest BCUT2D eigenvalue weighted by atomic mass is 32.1. The Kier molecular flexibility index (Phi) is 2.66. The van der Waals surface area contributed by atoms with Gasteiger partial charge < -0.3 is 18.3 Å². The van der Waals surface area contributed by atoms with Gasteiger partial charge in [0.25, 0.3) is 0 Å². The molecule has 0 aliphatic heterocycles. The van der Waals surface area contributed by atoms with Gasteiger partial charge in [0.2, 0.25) is 5.58 Å². The maximum Gasteiger partial charge on any atom is 0.363 e. The fourth-order valence-corrected chi connectivity index (χ4v) is 1.51. The summed E-state index contributed by atoms with van der Waals surface area (Å²) in [4.78, 5) is 11.3. The molecule has 0 radical (unpaired) electrons. The first-order valence-corrected chi connectivity index (χ1v) is 4.76. The van der Waals surface area contributed by atoms with Crippen molar-refractivity contribution in [2.24, 2.45) is 0 Å². The summed E-state index contributed by atoms with van der Waals surface area (Å²) in [6.45, 7) is 0. The van der Waals surface area contributed by atoms with Gasteiger partial charge in [0.15, 0.2) is 11.3 Å². The normalized spacial score (nSPS) is 10.4. The van der Waals surface area contributed by atoms with Crippen molar-refractivity contribution in [2.75, 3.05) is 14.2 Å². The minimum Gasteiger partial charge on any atom is -0.493 e. The summed E-state index contributed by atoms with van der Waals surface area (Å²) >= 11 is 4.75. The van der Waals surface area contributed by atoms with Gasteiger partial charge >= 0.3 is 10.9 Å². The van der Waals surface area contributed by atoms with E-state index in [1.807, 2.05) is 0 Å². The third-order valence-corrected chi connectivity index (χ3v) is 2.21. The summed E-state index contributed by atoms with van der Waals surface area (Å²) < 4.78 is 19.9. The average Bonchev–Trinajstić information content (AvgIpc) is 2.66. The van der Waals surface area contributed by atoms with Gasteiger partial charge in [0, 0.05) is 12.2 Å². The van der Waals surface area contributed by atoms with Crippen LogP contribution in [0, 0.1) is 4.90 Å². The van der Waals surface area contributed by atoms with Crippen molar-refractivity contribution in [3.63, 3.8) is 0 Å². The molecule has 2 rings (SSSR count). The van der Waals surface area contributed by atoms with Gasteiger partial charge in [-0.25, -0.2) is 4.79 Å². The van der Waals surface area contributed by atoms with Crippen molar-refractivity contribution >= 4 is 29.4 Å². The third kappa shape index (κ3) is 1.67. The highest BCUT2D eigenvalue weighted by molar-refractivity contribution is 7.71. The molecule has 5 nitrogen and oxygen atoms in total. The number of carbonyl (C=O) groups excluding carboxylic acids is 1. The van der Waals surface area contributed by atoms with Gasteiger partial charge in [0.1, 0.15) is 0 Å². The van der Waals surface area contributed by atoms with Crippen LogP contribution in [0.4, 0.5) is 0 Å². The van der Waals surface area contributed by atoms with E-state index in [0.29, 0.717) is 22.5 Å². The lowest BCUT2D eigenvalue weighted by molar-refractivity contribution is 0.0600. The Morgan fingerprint density at radius 3 is 2.69 bits per heavy atom. The molecule has 1 heterocycles. The van der Waals surface area contributed by atoms with Crippen LogP contribution in [0.3, 0.4) is 0 Å². The SMILES string of the molecule is COC(=O)c1cc(OC)c2oc(=S)oc2c1. The van der Waals surface area contributed by atoms with Crippen molar-refractivity contribution in [2.45, 2.75) is 0 Å². The predicted octanol–water partition coefficient (Wildman–Crippen LogP) is 2.55. The molecule has 1 aromatic carbocycles. The van der Waals surface area contributed by atoms with E-state index in [9.17, 15) is 4.79 Å². The zero-order valence-electron chi connectivity index (χ0n) is 8.60. The summed E-state index contributed by atoms with van der Waals surface area (Å²) in [6, 6.07) is 2.99. The Labute approximate surface area is 95.6 Å². The Hall–Kier alpha value is -1.82. The molecule has 0 saturated carbocycles. The van der Waals surface area contributed by atoms with E-state index in [4.69, 9.17) is 25.8 Å². The summed E-state index contributed by atoms with van der Waals surface area (Å²) in [5, 5.41) is 0. The van der Waals surface area contributed by atoms with Crippen molar-refractivity contribution in [3.8, 4) is 5.75 Å². The number of rotatable bonds is 2. The smallest absolute Gasteiger partial charge is 0.363 e. The van der Waals surface area contributed by atoms with Gasteiger partial charge in [-0.3, -0.25) is 0 Å². The molecule has 16 heavy (non-hydrogen) atoms. The second-order valence-corrected chi connectivity index (χ2v) is 3.28. The maximum atomic E-state index is 11.4. The minimum atomic E-state index is -0.484. The lowest BCUT2D eigenvalue weighted by Crippen LogP contribution is -2.01. The fraction of sp³-hybridized carbons (Fsp3) is 0.200. The summed E-state index contributed by atoms with van der Waals surface area (Å²) in [7, 11) is 2.76. The molecule has 0 aliphatic rings. The number of ether oxygens (including phenoxy) is 2. The topological polar surface area (TPSA) is 61.8 Å². The van der Waals surface area contributed by atoms with E-state index >= 15 is 0 Å². The summed E-state index contributed by atoms with van der Waals surface area (Å²) in [5.41, 5.74) is 1.04. The Morgan fingerprint density at radius 1 is 1.31 bits per heavy atom. The largest absolute Gasteiger partial charge is 0.493 e. The highest BCUT2D eigenvalue weighted by Gasteiger charge is 2.15. The maximum absolute atomic E-state index is 11.4. The monoisotopic (exact) mass is 240 g/mol. The van der Waals surface area contributed by atoms with Crippen LogP contribution in [0.2, 0.25) is 0 Å². The van der Waals surface area contributed by atoms with E-state index in [1.54, 1.807) is 0 Å². The highest BCUT2D eigenvalue weighted by Crippen LogP contribution is 2.29. The molecular formula is C10H8O5S. The van der Waals surface area contributed by atoms with Crippen LogP contribution >= 0.6 is 12.2 Å². The van der Waals surface area contributed by atoms with Crippen LogP contribution in [0.1, 0.15) is 10.4 Å². The Balaban J connectivity index is 2.72. The van der Waals surface area contributed by atoms with Crippen LogP contribution < -0.4 is 4.74 Å². The van der Waals surface area contributed by atoms with Crippen LogP contribution in [0.5, 0.6) is 5.75 Å². The lowest BCUT2D eigenvalue weighted by Gasteiger charge is -2.02. The molecule has 84 valence electrons. The van der Waals surface area contributed by atoms with E-state index in [2.05, 4.69) is 4.74 Å². The predicted molar refractivity (Wildman–Crippen MR) is 57.2 cm³/mol. The molecule has 6 heteroatoms. The van der Waals surface area contributed by atoms with Crippen molar-refractivity contribution in [1.82, 2.24) is 0 Å². The van der Waals surface area contributed by atoms with Crippen LogP contribution in [-0.2, 0) is 4.74 Å². The van der Waals surface area contributed by atoms with Gasteiger partial charge in [-0.15, -0.1) is 0 Å². The standard InChI is InChI=1S/C10H8O5S/c1-12-6-3-5(9(11)13-2)4-7-8(6)15-10(16)14-7/h3-4H,1-2H3. The molecule has 0 N–H and O–H groups in total.